The Kier molecular flexibility index (Phi) is 4.58. The van der Waals surface area contributed by atoms with E-state index in [-0.39, 0.29) is 35.5 Å². The molecule has 2 aromatic rings. The van der Waals surface area contributed by atoms with Gasteiger partial charge in [-0.15, -0.1) is 5.10 Å². The second kappa shape index (κ2) is 6.51. The van der Waals surface area contributed by atoms with Crippen LogP contribution in [0.2, 0.25) is 0 Å². The Morgan fingerprint density at radius 2 is 2.12 bits per heavy atom. The second-order valence-electron chi connectivity index (χ2n) is 5.60. The van der Waals surface area contributed by atoms with Crippen LogP contribution in [-0.2, 0) is 9.53 Å². The first-order chi connectivity index (χ1) is 11.4. The molecule has 1 aromatic carbocycles. The summed E-state index contributed by atoms with van der Waals surface area (Å²) in [5, 5.41) is 0.388. The normalized spacial score (nSPS) is 20.0. The van der Waals surface area contributed by atoms with Crippen LogP contribution in [0.15, 0.2) is 35.5 Å². The standard InChI is InChI=1S/C16H17F2N3O2S/c1-3-23-14(22)16(17,18)24-15-19-13-10(2)9-12(21(13)20-15)11-7-5-4-6-8-11/h4-8,10,12H,3,9H2,1-2H3/t10-,12-/m0/s1. The van der Waals surface area contributed by atoms with Gasteiger partial charge in [-0.2, -0.15) is 8.78 Å². The highest BCUT2D eigenvalue weighted by Gasteiger charge is 2.44. The first-order valence-electron chi connectivity index (χ1n) is 7.67. The van der Waals surface area contributed by atoms with Gasteiger partial charge in [0.05, 0.1) is 12.6 Å². The predicted molar refractivity (Wildman–Crippen MR) is 85.1 cm³/mol. The summed E-state index contributed by atoms with van der Waals surface area (Å²) in [6, 6.07) is 9.71. The molecular formula is C16H17F2N3O2S. The molecule has 3 rings (SSSR count). The Labute approximate surface area is 142 Å². The SMILES string of the molecule is CCOC(=O)C(F)(F)Sc1nc2n(n1)[C@H](c1ccccc1)C[C@@H]2C. The van der Waals surface area contributed by atoms with E-state index in [0.29, 0.717) is 5.82 Å². The van der Waals surface area contributed by atoms with Crippen LogP contribution in [0, 0.1) is 0 Å². The lowest BCUT2D eigenvalue weighted by Gasteiger charge is -2.13. The molecule has 0 aliphatic carbocycles. The summed E-state index contributed by atoms with van der Waals surface area (Å²) >= 11 is 0.0265. The number of nitrogens with zero attached hydrogens (tertiary/aromatic N) is 3. The van der Waals surface area contributed by atoms with Gasteiger partial charge in [0.15, 0.2) is 0 Å². The second-order valence-corrected chi connectivity index (χ2v) is 6.68. The number of alkyl halides is 2. The lowest BCUT2D eigenvalue weighted by atomic mass is 10.0. The van der Waals surface area contributed by atoms with E-state index >= 15 is 0 Å². The number of hydrogen-bond donors (Lipinski definition) is 0. The van der Waals surface area contributed by atoms with E-state index in [1.165, 1.54) is 6.92 Å². The summed E-state index contributed by atoms with van der Waals surface area (Å²) in [5.74, 6) is -0.808. The third-order valence-corrected chi connectivity index (χ3v) is 4.65. The van der Waals surface area contributed by atoms with E-state index in [2.05, 4.69) is 14.8 Å². The van der Waals surface area contributed by atoms with E-state index in [4.69, 9.17) is 0 Å². The Morgan fingerprint density at radius 3 is 2.79 bits per heavy atom. The zero-order valence-corrected chi connectivity index (χ0v) is 14.1. The van der Waals surface area contributed by atoms with Crippen molar-refractivity contribution in [1.29, 1.82) is 0 Å². The Balaban J connectivity index is 1.85. The molecule has 24 heavy (non-hydrogen) atoms. The number of benzene rings is 1. The Bertz CT molecular complexity index is 736. The lowest BCUT2D eigenvalue weighted by Crippen LogP contribution is -2.27. The minimum atomic E-state index is -3.70. The van der Waals surface area contributed by atoms with Gasteiger partial charge < -0.3 is 4.74 Å². The molecule has 0 saturated carbocycles. The van der Waals surface area contributed by atoms with Crippen molar-refractivity contribution in [2.24, 2.45) is 0 Å². The molecule has 1 aliphatic heterocycles. The number of thioether (sulfide) groups is 1. The Morgan fingerprint density at radius 1 is 1.42 bits per heavy atom. The number of carbonyl (C=O) groups excluding carboxylic acids is 1. The average molecular weight is 353 g/mol. The Hall–Kier alpha value is -1.96. The highest BCUT2D eigenvalue weighted by molar-refractivity contribution is 8.00. The summed E-state index contributed by atoms with van der Waals surface area (Å²) in [4.78, 5) is 15.5. The van der Waals surface area contributed by atoms with Gasteiger partial charge in [-0.05, 0) is 18.9 Å². The lowest BCUT2D eigenvalue weighted by molar-refractivity contribution is -0.159. The van der Waals surface area contributed by atoms with Gasteiger partial charge in [0.25, 0.3) is 0 Å². The van der Waals surface area contributed by atoms with Crippen molar-refractivity contribution in [3.05, 3.63) is 41.7 Å². The van der Waals surface area contributed by atoms with Gasteiger partial charge in [0, 0.05) is 17.7 Å². The monoisotopic (exact) mass is 353 g/mol. The van der Waals surface area contributed by atoms with Crippen LogP contribution in [0.4, 0.5) is 8.78 Å². The fraction of sp³-hybridized carbons (Fsp3) is 0.438. The molecule has 0 fully saturated rings. The van der Waals surface area contributed by atoms with Crippen molar-refractivity contribution in [2.75, 3.05) is 6.61 Å². The van der Waals surface area contributed by atoms with E-state index in [1.54, 1.807) is 4.68 Å². The summed E-state index contributed by atoms with van der Waals surface area (Å²) in [6.45, 7) is 3.37. The fourth-order valence-electron chi connectivity index (χ4n) is 2.79. The largest absolute Gasteiger partial charge is 0.461 e. The molecule has 0 unspecified atom stereocenters. The molecule has 1 aliphatic rings. The average Bonchev–Trinajstić information content (AvgIpc) is 3.08. The summed E-state index contributed by atoms with van der Waals surface area (Å²) in [5.41, 5.74) is 1.06. The highest BCUT2D eigenvalue weighted by atomic mass is 32.2. The van der Waals surface area contributed by atoms with E-state index < -0.39 is 11.2 Å². The van der Waals surface area contributed by atoms with Crippen LogP contribution in [0.1, 0.15) is 43.6 Å². The number of aromatic nitrogens is 3. The van der Waals surface area contributed by atoms with Gasteiger partial charge >= 0.3 is 11.2 Å². The minimum absolute atomic E-state index is 0.0265. The van der Waals surface area contributed by atoms with Crippen molar-refractivity contribution < 1.29 is 18.3 Å². The zero-order valence-electron chi connectivity index (χ0n) is 13.3. The number of fused-ring (bicyclic) bond motifs is 1. The van der Waals surface area contributed by atoms with Gasteiger partial charge in [0.1, 0.15) is 5.82 Å². The number of ether oxygens (including phenoxy) is 1. The maximum atomic E-state index is 13.9. The summed E-state index contributed by atoms with van der Waals surface area (Å²) in [6.07, 6.45) is 0.818. The van der Waals surface area contributed by atoms with Crippen LogP contribution in [0.5, 0.6) is 0 Å². The van der Waals surface area contributed by atoms with Crippen molar-refractivity contribution >= 4 is 17.7 Å². The zero-order chi connectivity index (χ0) is 17.3. The fourth-order valence-corrected chi connectivity index (χ4v) is 3.43. The topological polar surface area (TPSA) is 57.0 Å². The van der Waals surface area contributed by atoms with Crippen molar-refractivity contribution in [2.45, 2.75) is 42.6 Å². The molecule has 8 heteroatoms. The number of esters is 1. The molecule has 1 aromatic heterocycles. The number of halogens is 2. The molecule has 0 bridgehead atoms. The van der Waals surface area contributed by atoms with Gasteiger partial charge in [-0.1, -0.05) is 37.3 Å². The molecule has 2 atom stereocenters. The van der Waals surface area contributed by atoms with Gasteiger partial charge in [-0.3, -0.25) is 0 Å². The third kappa shape index (κ3) is 3.15. The molecule has 5 nitrogen and oxygen atoms in total. The molecule has 0 spiro atoms. The molecule has 2 heterocycles. The van der Waals surface area contributed by atoms with Crippen LogP contribution in [-0.4, -0.2) is 32.6 Å². The van der Waals surface area contributed by atoms with Crippen LogP contribution in [0.3, 0.4) is 0 Å². The molecular weight excluding hydrogens is 336 g/mol. The first-order valence-corrected chi connectivity index (χ1v) is 8.49. The number of hydrogen-bond acceptors (Lipinski definition) is 5. The maximum absolute atomic E-state index is 13.9. The molecule has 0 N–H and O–H groups in total. The highest BCUT2D eigenvalue weighted by Crippen LogP contribution is 2.41. The van der Waals surface area contributed by atoms with Gasteiger partial charge in [0.2, 0.25) is 5.16 Å². The number of carbonyl (C=O) groups is 1. The van der Waals surface area contributed by atoms with Gasteiger partial charge in [-0.25, -0.2) is 14.5 Å². The smallest absolute Gasteiger partial charge is 0.396 e. The molecule has 128 valence electrons. The number of rotatable bonds is 5. The summed E-state index contributed by atoms with van der Waals surface area (Å²) in [7, 11) is 0. The van der Waals surface area contributed by atoms with Crippen molar-refractivity contribution in [3.8, 4) is 0 Å². The van der Waals surface area contributed by atoms with Crippen molar-refractivity contribution in [3.63, 3.8) is 0 Å². The summed E-state index contributed by atoms with van der Waals surface area (Å²) < 4.78 is 33.8. The van der Waals surface area contributed by atoms with E-state index in [9.17, 15) is 13.6 Å². The molecule has 0 saturated heterocycles. The van der Waals surface area contributed by atoms with E-state index in [1.807, 2.05) is 37.3 Å². The third-order valence-electron chi connectivity index (χ3n) is 3.87. The van der Waals surface area contributed by atoms with E-state index in [0.717, 1.165) is 12.0 Å². The van der Waals surface area contributed by atoms with Crippen LogP contribution in [0.25, 0.3) is 0 Å². The minimum Gasteiger partial charge on any atom is -0.461 e. The molecule has 0 amide bonds. The quantitative estimate of drug-likeness (QED) is 0.607. The van der Waals surface area contributed by atoms with Crippen LogP contribution >= 0.6 is 11.8 Å². The van der Waals surface area contributed by atoms with Crippen molar-refractivity contribution in [1.82, 2.24) is 14.8 Å². The molecule has 0 radical (unpaired) electrons. The maximum Gasteiger partial charge on any atom is 0.396 e. The first kappa shape index (κ1) is 16.9. The van der Waals surface area contributed by atoms with Crippen LogP contribution < -0.4 is 0 Å². The predicted octanol–water partition coefficient (Wildman–Crippen LogP) is 3.62.